The van der Waals surface area contributed by atoms with Crippen LogP contribution in [0.25, 0.3) is 0 Å². The number of likely N-dealkylation sites (tertiary alicyclic amines) is 1. The zero-order valence-electron chi connectivity index (χ0n) is 12.5. The van der Waals surface area contributed by atoms with Gasteiger partial charge in [0.25, 0.3) is 0 Å². The van der Waals surface area contributed by atoms with Crippen LogP contribution in [0.1, 0.15) is 33.1 Å². The third kappa shape index (κ3) is 4.08. The second kappa shape index (κ2) is 6.57. The molecule has 0 radical (unpaired) electrons. The number of rotatable bonds is 5. The van der Waals surface area contributed by atoms with Crippen LogP contribution in [0, 0.1) is 0 Å². The van der Waals surface area contributed by atoms with Crippen molar-refractivity contribution >= 4 is 5.96 Å². The molecule has 2 atom stereocenters. The Morgan fingerprint density at radius 3 is 2.74 bits per heavy atom. The number of β-amino-alcohol motifs (C(OH)–C–C–N with tert-alkyl or cyclic N) is 1. The molecule has 5 nitrogen and oxygen atoms in total. The molecule has 1 unspecified atom stereocenters. The predicted molar refractivity (Wildman–Crippen MR) is 78.4 cm³/mol. The highest BCUT2D eigenvalue weighted by Gasteiger charge is 2.29. The summed E-state index contributed by atoms with van der Waals surface area (Å²) in [6, 6.07) is 1.26. The molecule has 1 saturated carbocycles. The van der Waals surface area contributed by atoms with Crippen LogP contribution in [-0.2, 0) is 0 Å². The van der Waals surface area contributed by atoms with Gasteiger partial charge in [-0.05, 0) is 40.2 Å². The first-order chi connectivity index (χ1) is 9.11. The summed E-state index contributed by atoms with van der Waals surface area (Å²) in [5.41, 5.74) is 0. The summed E-state index contributed by atoms with van der Waals surface area (Å²) in [5, 5.41) is 13.0. The van der Waals surface area contributed by atoms with E-state index < -0.39 is 0 Å². The lowest BCUT2D eigenvalue weighted by atomic mass is 10.3. The molecular formula is C14H28N4O. The third-order valence-electron chi connectivity index (χ3n) is 4.12. The van der Waals surface area contributed by atoms with Crippen LogP contribution in [0.4, 0.5) is 0 Å². The van der Waals surface area contributed by atoms with Crippen molar-refractivity contribution in [1.82, 2.24) is 15.1 Å². The van der Waals surface area contributed by atoms with Crippen molar-refractivity contribution in [2.24, 2.45) is 4.99 Å². The molecule has 2 aliphatic rings. The van der Waals surface area contributed by atoms with Crippen molar-refractivity contribution in [2.75, 3.05) is 33.2 Å². The molecule has 1 heterocycles. The second-order valence-electron chi connectivity index (χ2n) is 5.83. The minimum Gasteiger partial charge on any atom is -0.391 e. The van der Waals surface area contributed by atoms with Crippen molar-refractivity contribution in [1.29, 1.82) is 0 Å². The Morgan fingerprint density at radius 1 is 1.47 bits per heavy atom. The first-order valence-electron chi connectivity index (χ1n) is 7.55. The Hall–Kier alpha value is -0.810. The average Bonchev–Trinajstić information content (AvgIpc) is 3.16. The number of hydrogen-bond acceptors (Lipinski definition) is 3. The molecule has 1 aliphatic carbocycles. The lowest BCUT2D eigenvalue weighted by molar-refractivity contribution is 0.187. The summed E-state index contributed by atoms with van der Waals surface area (Å²) in [5.74, 6) is 0.954. The highest BCUT2D eigenvalue weighted by molar-refractivity contribution is 5.80. The van der Waals surface area contributed by atoms with E-state index in [2.05, 4.69) is 36.0 Å². The molecule has 0 aromatic carbocycles. The molecule has 1 saturated heterocycles. The van der Waals surface area contributed by atoms with Gasteiger partial charge in [-0.15, -0.1) is 0 Å². The highest BCUT2D eigenvalue weighted by atomic mass is 16.3. The van der Waals surface area contributed by atoms with Gasteiger partial charge in [0.05, 0.1) is 12.6 Å². The van der Waals surface area contributed by atoms with E-state index in [-0.39, 0.29) is 6.10 Å². The van der Waals surface area contributed by atoms with Gasteiger partial charge < -0.3 is 15.3 Å². The Morgan fingerprint density at radius 2 is 2.21 bits per heavy atom. The summed E-state index contributed by atoms with van der Waals surface area (Å²) < 4.78 is 0. The number of aliphatic imine (C=N–C) groups is 1. The Labute approximate surface area is 116 Å². The molecule has 1 aliphatic heterocycles. The maximum Gasteiger partial charge on any atom is 0.194 e. The molecule has 110 valence electrons. The predicted octanol–water partition coefficient (Wildman–Crippen LogP) is 0.501. The molecule has 0 aromatic heterocycles. The zero-order chi connectivity index (χ0) is 13.8. The van der Waals surface area contributed by atoms with Crippen LogP contribution >= 0.6 is 0 Å². The molecule has 5 heteroatoms. The van der Waals surface area contributed by atoms with E-state index in [1.165, 1.54) is 12.8 Å². The van der Waals surface area contributed by atoms with Gasteiger partial charge in [0, 0.05) is 31.7 Å². The van der Waals surface area contributed by atoms with Crippen LogP contribution < -0.4 is 5.32 Å². The highest BCUT2D eigenvalue weighted by Crippen LogP contribution is 2.26. The van der Waals surface area contributed by atoms with Crippen LogP contribution in [0.2, 0.25) is 0 Å². The average molecular weight is 268 g/mol. The Kier molecular flexibility index (Phi) is 5.05. The van der Waals surface area contributed by atoms with E-state index in [4.69, 9.17) is 4.99 Å². The minimum absolute atomic E-state index is 0.199. The Balaban J connectivity index is 1.88. The molecule has 2 rings (SSSR count). The molecular weight excluding hydrogens is 240 g/mol. The largest absolute Gasteiger partial charge is 0.391 e. The van der Waals surface area contributed by atoms with Crippen LogP contribution in [0.15, 0.2) is 4.99 Å². The topological polar surface area (TPSA) is 51.1 Å². The van der Waals surface area contributed by atoms with Gasteiger partial charge >= 0.3 is 0 Å². The molecule has 0 amide bonds. The van der Waals surface area contributed by atoms with Gasteiger partial charge in [-0.25, -0.2) is 0 Å². The number of aliphatic hydroxyl groups is 1. The number of nitrogens with one attached hydrogen (secondary N) is 1. The van der Waals surface area contributed by atoms with Gasteiger partial charge in [-0.2, -0.15) is 0 Å². The quantitative estimate of drug-likeness (QED) is 0.563. The monoisotopic (exact) mass is 268 g/mol. The van der Waals surface area contributed by atoms with Crippen molar-refractivity contribution in [3.05, 3.63) is 0 Å². The van der Waals surface area contributed by atoms with E-state index in [1.54, 1.807) is 0 Å². The number of nitrogens with zero attached hydrogens (tertiary/aromatic N) is 3. The molecule has 2 N–H and O–H groups in total. The fourth-order valence-electron chi connectivity index (χ4n) is 2.55. The van der Waals surface area contributed by atoms with Crippen molar-refractivity contribution in [3.63, 3.8) is 0 Å². The standard InChI is InChI=1S/C14H28N4O/c1-4-15-14(18-8-7-13(19)10-18)16-9-11(2)17(3)12-5-6-12/h11-13,19H,4-10H2,1-3H3,(H,15,16)/t11?,13-/m1/s1. The minimum atomic E-state index is -0.199. The van der Waals surface area contributed by atoms with Gasteiger partial charge in [0.1, 0.15) is 0 Å². The van der Waals surface area contributed by atoms with E-state index in [0.29, 0.717) is 12.6 Å². The van der Waals surface area contributed by atoms with Gasteiger partial charge in [0.2, 0.25) is 0 Å². The molecule has 19 heavy (non-hydrogen) atoms. The van der Waals surface area contributed by atoms with E-state index in [1.807, 2.05) is 0 Å². The molecule has 0 bridgehead atoms. The first kappa shape index (κ1) is 14.6. The molecule has 0 spiro atoms. The van der Waals surface area contributed by atoms with Gasteiger partial charge in [-0.3, -0.25) is 9.89 Å². The number of likely N-dealkylation sites (N-methyl/N-ethyl adjacent to an activating group) is 1. The van der Waals surface area contributed by atoms with E-state index in [9.17, 15) is 5.11 Å². The fourth-order valence-corrected chi connectivity index (χ4v) is 2.55. The van der Waals surface area contributed by atoms with Gasteiger partial charge in [0.15, 0.2) is 5.96 Å². The van der Waals surface area contributed by atoms with Gasteiger partial charge in [-0.1, -0.05) is 0 Å². The van der Waals surface area contributed by atoms with Crippen LogP contribution in [0.5, 0.6) is 0 Å². The zero-order valence-corrected chi connectivity index (χ0v) is 12.5. The summed E-state index contributed by atoms with van der Waals surface area (Å²) >= 11 is 0. The first-order valence-corrected chi connectivity index (χ1v) is 7.55. The van der Waals surface area contributed by atoms with Crippen molar-refractivity contribution in [3.8, 4) is 0 Å². The summed E-state index contributed by atoms with van der Waals surface area (Å²) in [6.07, 6.45) is 3.32. The smallest absolute Gasteiger partial charge is 0.194 e. The Bertz CT molecular complexity index is 317. The summed E-state index contributed by atoms with van der Waals surface area (Å²) in [4.78, 5) is 9.34. The maximum absolute atomic E-state index is 9.63. The number of hydrogen-bond donors (Lipinski definition) is 2. The van der Waals surface area contributed by atoms with Crippen LogP contribution in [0.3, 0.4) is 0 Å². The summed E-state index contributed by atoms with van der Waals surface area (Å²) in [7, 11) is 2.20. The van der Waals surface area contributed by atoms with E-state index in [0.717, 1.165) is 38.1 Å². The molecule has 0 aromatic rings. The number of guanidine groups is 1. The van der Waals surface area contributed by atoms with Crippen LogP contribution in [-0.4, -0.2) is 72.3 Å². The van der Waals surface area contributed by atoms with E-state index >= 15 is 0 Å². The maximum atomic E-state index is 9.63. The third-order valence-corrected chi connectivity index (χ3v) is 4.12. The van der Waals surface area contributed by atoms with Crippen molar-refractivity contribution < 1.29 is 5.11 Å². The SMILES string of the molecule is CCNC(=NCC(C)N(C)C1CC1)N1CC[C@@H](O)C1. The second-order valence-corrected chi connectivity index (χ2v) is 5.83. The number of aliphatic hydroxyl groups excluding tert-OH is 1. The lowest BCUT2D eigenvalue weighted by Crippen LogP contribution is -2.42. The summed E-state index contributed by atoms with van der Waals surface area (Å²) in [6.45, 7) is 7.63. The normalized spacial score (nSPS) is 26.1. The fraction of sp³-hybridized carbons (Fsp3) is 0.929. The lowest BCUT2D eigenvalue weighted by Gasteiger charge is -2.25. The molecule has 2 fully saturated rings. The van der Waals surface area contributed by atoms with Crippen molar-refractivity contribution in [2.45, 2.75) is 51.3 Å².